The smallest absolute Gasteiger partial charge is 0.310 e. The number of halogens is 1. The zero-order chi connectivity index (χ0) is 36.8. The van der Waals surface area contributed by atoms with Gasteiger partial charge in [-0.2, -0.15) is 5.10 Å². The molecule has 6 aromatic rings. The third-order valence-corrected chi connectivity index (χ3v) is 10.0. The van der Waals surface area contributed by atoms with Crippen LogP contribution in [0, 0.1) is 26.6 Å². The van der Waals surface area contributed by atoms with Gasteiger partial charge in [-0.1, -0.05) is 29.8 Å². The highest BCUT2D eigenvalue weighted by atomic mass is 32.2. The van der Waals surface area contributed by atoms with Crippen LogP contribution in [0.15, 0.2) is 96.0 Å². The lowest BCUT2D eigenvalue weighted by molar-refractivity contribution is -0.153. The molecule has 262 valence electrons. The van der Waals surface area contributed by atoms with Gasteiger partial charge in [0.05, 0.1) is 34.3 Å². The maximum Gasteiger partial charge on any atom is 0.310 e. The summed E-state index contributed by atoms with van der Waals surface area (Å²) in [5.41, 5.74) is 9.23. The van der Waals surface area contributed by atoms with Crippen molar-refractivity contribution >= 4 is 38.5 Å². The molecule has 2 heterocycles. The molecule has 51 heavy (non-hydrogen) atoms. The molecule has 2 aromatic heterocycles. The minimum absolute atomic E-state index is 0.0165. The van der Waals surface area contributed by atoms with Crippen molar-refractivity contribution in [3.05, 3.63) is 130 Å². The zero-order valence-corrected chi connectivity index (χ0v) is 29.8. The standard InChI is InChI=1S/C39H37FN4O6S/c1-23-11-14-29(15-12-23)51(47,48)44-33-19-26(21-36(45)50-39(4,5)6)24(2)17-27(33)20-34(44)37(46)30-22-42-43(38(30)41)32-16-13-28(18-25(32)3)49-35-10-8-7-9-31(35)40/h7-20,22H,21,41H2,1-6H3. The lowest BCUT2D eigenvalue weighted by atomic mass is 10.0. The molecule has 0 fully saturated rings. The molecule has 6 rings (SSSR count). The Balaban J connectivity index is 1.43. The second kappa shape index (κ2) is 13.2. The van der Waals surface area contributed by atoms with Crippen molar-refractivity contribution in [1.29, 1.82) is 0 Å². The number of nitrogens with two attached hydrogens (primary N) is 1. The number of anilines is 1. The first kappa shape index (κ1) is 35.1. The summed E-state index contributed by atoms with van der Waals surface area (Å²) in [5, 5.41) is 4.86. The number of hydrogen-bond acceptors (Lipinski definition) is 8. The number of carbonyl (C=O) groups excluding carboxylic acids is 2. The molecule has 0 aliphatic heterocycles. The molecule has 0 radical (unpaired) electrons. The molecule has 0 unspecified atom stereocenters. The fraction of sp³-hybridized carbons (Fsp3) is 0.205. The summed E-state index contributed by atoms with van der Waals surface area (Å²) in [6.45, 7) is 10.7. The van der Waals surface area contributed by atoms with E-state index in [2.05, 4.69) is 5.10 Å². The Bertz CT molecular complexity index is 2440. The van der Waals surface area contributed by atoms with Crippen LogP contribution in [0.5, 0.6) is 11.5 Å². The van der Waals surface area contributed by atoms with E-state index in [4.69, 9.17) is 15.2 Å². The van der Waals surface area contributed by atoms with E-state index >= 15 is 0 Å². The Morgan fingerprint density at radius 2 is 1.61 bits per heavy atom. The van der Waals surface area contributed by atoms with Crippen LogP contribution in [0.1, 0.15) is 59.1 Å². The van der Waals surface area contributed by atoms with Gasteiger partial charge in [0.2, 0.25) is 5.78 Å². The summed E-state index contributed by atoms with van der Waals surface area (Å²) in [7, 11) is -4.34. The normalized spacial score (nSPS) is 11.9. The highest BCUT2D eigenvalue weighted by Crippen LogP contribution is 2.33. The summed E-state index contributed by atoms with van der Waals surface area (Å²) in [5.74, 6) is -1.21. The van der Waals surface area contributed by atoms with Gasteiger partial charge < -0.3 is 15.2 Å². The van der Waals surface area contributed by atoms with Crippen LogP contribution in [0.25, 0.3) is 16.6 Å². The topological polar surface area (TPSA) is 136 Å². The van der Waals surface area contributed by atoms with Crippen molar-refractivity contribution in [2.45, 2.75) is 58.5 Å². The number of nitrogens with zero attached hydrogens (tertiary/aromatic N) is 3. The van der Waals surface area contributed by atoms with Crippen LogP contribution in [-0.2, 0) is 26.0 Å². The molecule has 12 heteroatoms. The monoisotopic (exact) mass is 708 g/mol. The fourth-order valence-electron chi connectivity index (χ4n) is 5.79. The van der Waals surface area contributed by atoms with Crippen molar-refractivity contribution in [2.75, 3.05) is 5.73 Å². The van der Waals surface area contributed by atoms with E-state index < -0.39 is 33.2 Å². The summed E-state index contributed by atoms with van der Waals surface area (Å²) in [6, 6.07) is 22.2. The number of fused-ring (bicyclic) bond motifs is 1. The van der Waals surface area contributed by atoms with Crippen LogP contribution in [0.2, 0.25) is 0 Å². The highest BCUT2D eigenvalue weighted by Gasteiger charge is 2.30. The summed E-state index contributed by atoms with van der Waals surface area (Å²) in [6.07, 6.45) is 1.20. The third kappa shape index (κ3) is 7.00. The van der Waals surface area contributed by atoms with Crippen LogP contribution in [0.3, 0.4) is 0 Å². The van der Waals surface area contributed by atoms with E-state index in [0.717, 1.165) is 15.1 Å². The second-order valence-electron chi connectivity index (χ2n) is 13.4. The van der Waals surface area contributed by atoms with E-state index in [0.29, 0.717) is 28.0 Å². The molecular formula is C39H37FN4O6S. The number of benzene rings is 4. The number of hydrogen-bond donors (Lipinski definition) is 1. The van der Waals surface area contributed by atoms with Crippen molar-refractivity contribution in [2.24, 2.45) is 0 Å². The molecule has 4 aromatic carbocycles. The van der Waals surface area contributed by atoms with Crippen molar-refractivity contribution in [1.82, 2.24) is 13.8 Å². The molecule has 0 saturated heterocycles. The molecule has 0 amide bonds. The van der Waals surface area contributed by atoms with Gasteiger partial charge in [0.25, 0.3) is 10.0 Å². The minimum Gasteiger partial charge on any atom is -0.460 e. The van der Waals surface area contributed by atoms with Gasteiger partial charge in [-0.05, 0) is 119 Å². The number of para-hydroxylation sites is 1. The van der Waals surface area contributed by atoms with Gasteiger partial charge in [-0.3, -0.25) is 9.59 Å². The Labute approximate surface area is 295 Å². The number of ketones is 1. The predicted molar refractivity (Wildman–Crippen MR) is 193 cm³/mol. The predicted octanol–water partition coefficient (Wildman–Crippen LogP) is 7.62. The number of ether oxygens (including phenoxy) is 2. The first-order valence-corrected chi connectivity index (χ1v) is 17.6. The van der Waals surface area contributed by atoms with Crippen molar-refractivity contribution < 1.29 is 31.9 Å². The number of carbonyl (C=O) groups is 2. The van der Waals surface area contributed by atoms with Gasteiger partial charge in [0.15, 0.2) is 11.6 Å². The van der Waals surface area contributed by atoms with Crippen LogP contribution in [0.4, 0.5) is 10.2 Å². The van der Waals surface area contributed by atoms with E-state index in [1.54, 1.807) is 82.3 Å². The van der Waals surface area contributed by atoms with Gasteiger partial charge in [0, 0.05) is 5.39 Å². The molecule has 0 aliphatic carbocycles. The lowest BCUT2D eigenvalue weighted by Crippen LogP contribution is -2.25. The van der Waals surface area contributed by atoms with Crippen molar-refractivity contribution in [3.8, 4) is 17.2 Å². The van der Waals surface area contributed by atoms with Crippen LogP contribution >= 0.6 is 0 Å². The molecule has 0 saturated carbocycles. The molecule has 0 bridgehead atoms. The fourth-order valence-corrected chi connectivity index (χ4v) is 7.29. The Kier molecular flexibility index (Phi) is 9.07. The van der Waals surface area contributed by atoms with Crippen molar-refractivity contribution in [3.63, 3.8) is 0 Å². The molecular weight excluding hydrogens is 672 g/mol. The summed E-state index contributed by atoms with van der Waals surface area (Å²) < 4.78 is 56.5. The third-order valence-electron chi connectivity index (χ3n) is 8.27. The molecule has 0 atom stereocenters. The molecule has 2 N–H and O–H groups in total. The Hall–Kier alpha value is -5.75. The van der Waals surface area contributed by atoms with E-state index in [1.807, 2.05) is 13.8 Å². The van der Waals surface area contributed by atoms with Gasteiger partial charge >= 0.3 is 5.97 Å². The van der Waals surface area contributed by atoms with E-state index in [9.17, 15) is 22.4 Å². The number of rotatable bonds is 9. The summed E-state index contributed by atoms with van der Waals surface area (Å²) in [4.78, 5) is 27.1. The Morgan fingerprint density at radius 1 is 0.902 bits per heavy atom. The number of aryl methyl sites for hydroxylation is 3. The van der Waals surface area contributed by atoms with Crippen LogP contribution < -0.4 is 10.5 Å². The first-order chi connectivity index (χ1) is 24.0. The average molecular weight is 709 g/mol. The number of esters is 1. The minimum atomic E-state index is -4.34. The maximum atomic E-state index is 14.4. The van der Waals surface area contributed by atoms with Gasteiger partial charge in [0.1, 0.15) is 22.9 Å². The second-order valence-corrected chi connectivity index (χ2v) is 15.2. The van der Waals surface area contributed by atoms with Crippen LogP contribution in [-0.4, -0.2) is 39.5 Å². The molecule has 0 spiro atoms. The van der Waals surface area contributed by atoms with Gasteiger partial charge in [-0.15, -0.1) is 0 Å². The largest absolute Gasteiger partial charge is 0.460 e. The molecule has 10 nitrogen and oxygen atoms in total. The highest BCUT2D eigenvalue weighted by molar-refractivity contribution is 7.90. The maximum absolute atomic E-state index is 14.4. The quantitative estimate of drug-likeness (QED) is 0.120. The lowest BCUT2D eigenvalue weighted by Gasteiger charge is -2.20. The SMILES string of the molecule is Cc1ccc(S(=O)(=O)n2c(C(=O)c3cnn(-c4ccc(Oc5ccccc5F)cc4C)c3N)cc3cc(C)c(CC(=O)OC(C)(C)C)cc32)cc1. The summed E-state index contributed by atoms with van der Waals surface area (Å²) >= 11 is 0. The van der Waals surface area contributed by atoms with Gasteiger partial charge in [-0.25, -0.2) is 21.5 Å². The average Bonchev–Trinajstić information content (AvgIpc) is 3.62. The Morgan fingerprint density at radius 3 is 2.27 bits per heavy atom. The number of aromatic nitrogens is 3. The first-order valence-electron chi connectivity index (χ1n) is 16.1. The van der Waals surface area contributed by atoms with E-state index in [1.165, 1.54) is 41.2 Å². The van der Waals surface area contributed by atoms with E-state index in [-0.39, 0.29) is 39.7 Å². The molecule has 0 aliphatic rings. The number of nitrogen functional groups attached to an aromatic ring is 1. The zero-order valence-electron chi connectivity index (χ0n) is 29.0.